The Kier molecular flexibility index (Phi) is 6.52. The van der Waals surface area contributed by atoms with Crippen molar-refractivity contribution in [2.45, 2.75) is 38.7 Å². The van der Waals surface area contributed by atoms with E-state index >= 15 is 4.39 Å². The molecule has 29 heavy (non-hydrogen) atoms. The number of halogens is 2. The number of ether oxygens (including phenoxy) is 1. The van der Waals surface area contributed by atoms with Gasteiger partial charge in [0, 0.05) is 29.4 Å². The van der Waals surface area contributed by atoms with Crippen molar-refractivity contribution in [1.29, 1.82) is 0 Å². The zero-order chi connectivity index (χ0) is 21.2. The van der Waals surface area contributed by atoms with Crippen molar-refractivity contribution >= 4 is 23.2 Å². The Morgan fingerprint density at radius 1 is 1.21 bits per heavy atom. The molecule has 154 valence electrons. The molecule has 0 aliphatic carbocycles. The van der Waals surface area contributed by atoms with E-state index in [-0.39, 0.29) is 22.6 Å². The van der Waals surface area contributed by atoms with Gasteiger partial charge >= 0.3 is 0 Å². The first-order valence-electron chi connectivity index (χ1n) is 9.73. The Bertz CT molecular complexity index is 919. The van der Waals surface area contributed by atoms with Crippen molar-refractivity contribution in [2.75, 3.05) is 13.2 Å². The maximum Gasteiger partial charge on any atom is 0.196 e. The Balaban J connectivity index is 2.10. The molecule has 1 aliphatic rings. The van der Waals surface area contributed by atoms with E-state index in [0.29, 0.717) is 43.1 Å². The predicted molar refractivity (Wildman–Crippen MR) is 109 cm³/mol. The van der Waals surface area contributed by atoms with Gasteiger partial charge in [0.15, 0.2) is 11.6 Å². The normalized spacial score (nSPS) is 17.0. The zero-order valence-corrected chi connectivity index (χ0v) is 17.3. The summed E-state index contributed by atoms with van der Waals surface area (Å²) in [7, 11) is 0. The Morgan fingerprint density at radius 3 is 2.38 bits per heavy atom. The summed E-state index contributed by atoms with van der Waals surface area (Å²) in [6.45, 7) is 4.18. The van der Waals surface area contributed by atoms with Crippen LogP contribution < -0.4 is 0 Å². The summed E-state index contributed by atoms with van der Waals surface area (Å²) in [6, 6.07) is 8.71. The molecule has 0 spiro atoms. The molecule has 0 aromatic heterocycles. The molecule has 4 nitrogen and oxygen atoms in total. The number of rotatable bonds is 6. The smallest absolute Gasteiger partial charge is 0.196 e. The van der Waals surface area contributed by atoms with Crippen LogP contribution in [-0.4, -0.2) is 29.9 Å². The number of Topliss-reactive ketones (excluding diaryl/α,β-unsaturated/α-hetero) is 1. The molecule has 1 N–H and O–H groups in total. The third-order valence-electron chi connectivity index (χ3n) is 5.74. The van der Waals surface area contributed by atoms with Crippen LogP contribution in [0.1, 0.15) is 65.0 Å². The van der Waals surface area contributed by atoms with E-state index in [1.165, 1.54) is 43.3 Å². The van der Waals surface area contributed by atoms with Crippen molar-refractivity contribution in [1.82, 2.24) is 0 Å². The Labute approximate surface area is 174 Å². The van der Waals surface area contributed by atoms with E-state index in [4.69, 9.17) is 16.3 Å². The number of ketones is 2. The second-order valence-electron chi connectivity index (χ2n) is 7.44. The van der Waals surface area contributed by atoms with Crippen molar-refractivity contribution in [3.8, 4) is 0 Å². The lowest BCUT2D eigenvalue weighted by molar-refractivity contribution is -0.0732. The van der Waals surface area contributed by atoms with Crippen LogP contribution in [-0.2, 0) is 10.3 Å². The van der Waals surface area contributed by atoms with Crippen molar-refractivity contribution in [3.63, 3.8) is 0 Å². The van der Waals surface area contributed by atoms with Gasteiger partial charge in [0.2, 0.25) is 0 Å². The summed E-state index contributed by atoms with van der Waals surface area (Å²) >= 11 is 5.86. The fourth-order valence-corrected chi connectivity index (χ4v) is 4.14. The summed E-state index contributed by atoms with van der Waals surface area (Å²) in [6.07, 6.45) is 1.65. The van der Waals surface area contributed by atoms with Crippen LogP contribution in [0, 0.1) is 11.7 Å². The highest BCUT2D eigenvalue weighted by molar-refractivity contribution is 6.30. The third kappa shape index (κ3) is 4.27. The fourth-order valence-electron chi connectivity index (χ4n) is 4.01. The lowest BCUT2D eigenvalue weighted by Crippen LogP contribution is -2.38. The summed E-state index contributed by atoms with van der Waals surface area (Å²) in [5.74, 6) is -1.96. The molecule has 1 saturated heterocycles. The molecule has 6 heteroatoms. The van der Waals surface area contributed by atoms with E-state index in [2.05, 4.69) is 0 Å². The van der Waals surface area contributed by atoms with Gasteiger partial charge in [-0.25, -0.2) is 4.39 Å². The maximum atomic E-state index is 15.2. The SMILES string of the molecule is CCC(O)(c1cc(F)c(C(=O)c2ccc(Cl)cc2)c(C(C)=O)c1)C1CCOCC1. The standard InChI is InChI=1S/C23H24ClFO4/c1-3-23(28,16-8-10-29-11-9-16)17-12-19(14(2)26)21(20(25)13-17)22(27)15-4-6-18(24)7-5-15/h4-7,12-13,16,28H,3,8-11H2,1-2H3. The van der Waals surface area contributed by atoms with Crippen LogP contribution in [0.2, 0.25) is 5.02 Å². The minimum atomic E-state index is -1.29. The third-order valence-corrected chi connectivity index (χ3v) is 5.99. The van der Waals surface area contributed by atoms with Gasteiger partial charge in [0.1, 0.15) is 5.82 Å². The van der Waals surface area contributed by atoms with E-state index in [0.717, 1.165) is 0 Å². The first kappa shape index (κ1) is 21.6. The van der Waals surface area contributed by atoms with Gasteiger partial charge in [-0.3, -0.25) is 9.59 Å². The molecule has 1 unspecified atom stereocenters. The minimum absolute atomic E-state index is 0.0288. The van der Waals surface area contributed by atoms with Crippen LogP contribution in [0.4, 0.5) is 4.39 Å². The number of benzene rings is 2. The molecule has 2 aromatic carbocycles. The molecule has 1 atom stereocenters. The topological polar surface area (TPSA) is 63.6 Å². The van der Waals surface area contributed by atoms with Crippen LogP contribution in [0.25, 0.3) is 0 Å². The second kappa shape index (κ2) is 8.74. The summed E-state index contributed by atoms with van der Waals surface area (Å²) in [5.41, 5.74) is -1.05. The molecular weight excluding hydrogens is 395 g/mol. The van der Waals surface area contributed by atoms with E-state index in [1.807, 2.05) is 6.92 Å². The number of hydrogen-bond donors (Lipinski definition) is 1. The first-order valence-corrected chi connectivity index (χ1v) is 10.1. The molecular formula is C23H24ClFO4. The van der Waals surface area contributed by atoms with Crippen LogP contribution >= 0.6 is 11.6 Å². The van der Waals surface area contributed by atoms with E-state index < -0.39 is 23.0 Å². The van der Waals surface area contributed by atoms with Gasteiger partial charge < -0.3 is 9.84 Å². The highest BCUT2D eigenvalue weighted by atomic mass is 35.5. The van der Waals surface area contributed by atoms with Crippen LogP contribution in [0.3, 0.4) is 0 Å². The Hall–Kier alpha value is -2.08. The molecule has 1 fully saturated rings. The summed E-state index contributed by atoms with van der Waals surface area (Å²) in [5, 5.41) is 11.8. The number of aliphatic hydroxyl groups is 1. The Morgan fingerprint density at radius 2 is 1.83 bits per heavy atom. The van der Waals surface area contributed by atoms with Gasteiger partial charge in [-0.05, 0) is 74.1 Å². The molecule has 0 bridgehead atoms. The van der Waals surface area contributed by atoms with Gasteiger partial charge in [-0.1, -0.05) is 18.5 Å². The number of carbonyl (C=O) groups is 2. The summed E-state index contributed by atoms with van der Waals surface area (Å²) in [4.78, 5) is 25.2. The van der Waals surface area contributed by atoms with Gasteiger partial charge in [0.25, 0.3) is 0 Å². The maximum absolute atomic E-state index is 15.2. The average molecular weight is 419 g/mol. The van der Waals surface area contributed by atoms with Gasteiger partial charge in [-0.2, -0.15) is 0 Å². The molecule has 1 heterocycles. The average Bonchev–Trinajstić information content (AvgIpc) is 2.73. The quantitative estimate of drug-likeness (QED) is 0.675. The lowest BCUT2D eigenvalue weighted by Gasteiger charge is -2.38. The molecule has 1 aliphatic heterocycles. The first-order chi connectivity index (χ1) is 13.8. The number of hydrogen-bond acceptors (Lipinski definition) is 4. The molecule has 0 amide bonds. The van der Waals surface area contributed by atoms with Crippen molar-refractivity contribution in [3.05, 3.63) is 69.5 Å². The van der Waals surface area contributed by atoms with Crippen molar-refractivity contribution in [2.24, 2.45) is 5.92 Å². The van der Waals surface area contributed by atoms with Crippen LogP contribution in [0.5, 0.6) is 0 Å². The predicted octanol–water partition coefficient (Wildman–Crippen LogP) is 4.94. The largest absolute Gasteiger partial charge is 0.385 e. The highest BCUT2D eigenvalue weighted by Crippen LogP contribution is 2.40. The second-order valence-corrected chi connectivity index (χ2v) is 7.87. The molecule has 2 aromatic rings. The van der Waals surface area contributed by atoms with E-state index in [1.54, 1.807) is 0 Å². The summed E-state index contributed by atoms with van der Waals surface area (Å²) < 4.78 is 20.6. The van der Waals surface area contributed by atoms with Crippen LogP contribution in [0.15, 0.2) is 36.4 Å². The molecule has 3 rings (SSSR count). The highest BCUT2D eigenvalue weighted by Gasteiger charge is 2.39. The minimum Gasteiger partial charge on any atom is -0.385 e. The zero-order valence-electron chi connectivity index (χ0n) is 16.5. The molecule has 0 saturated carbocycles. The lowest BCUT2D eigenvalue weighted by atomic mass is 9.74. The monoisotopic (exact) mass is 418 g/mol. The number of carbonyl (C=O) groups excluding carboxylic acids is 2. The van der Waals surface area contributed by atoms with Gasteiger partial charge in [-0.15, -0.1) is 0 Å². The van der Waals surface area contributed by atoms with E-state index in [9.17, 15) is 14.7 Å². The van der Waals surface area contributed by atoms with Crippen molar-refractivity contribution < 1.29 is 23.8 Å². The fraction of sp³-hybridized carbons (Fsp3) is 0.391. The molecule has 0 radical (unpaired) electrons. The van der Waals surface area contributed by atoms with Gasteiger partial charge in [0.05, 0.1) is 11.2 Å².